The molecule has 0 aliphatic carbocycles. The molecule has 128 valence electrons. The molecule has 0 bridgehead atoms. The zero-order chi connectivity index (χ0) is 16.9. The Labute approximate surface area is 139 Å². The highest BCUT2D eigenvalue weighted by molar-refractivity contribution is 5.89. The van der Waals surface area contributed by atoms with Gasteiger partial charge in [-0.25, -0.2) is 4.79 Å². The minimum absolute atomic E-state index is 0.0216. The summed E-state index contributed by atoms with van der Waals surface area (Å²) in [5.74, 6) is -0.258. The van der Waals surface area contributed by atoms with Gasteiger partial charge < -0.3 is 14.6 Å². The van der Waals surface area contributed by atoms with Gasteiger partial charge in [-0.05, 0) is 36.6 Å². The zero-order valence-electron chi connectivity index (χ0n) is 14.2. The smallest absolute Gasteiger partial charge is 0.371 e. The molecule has 0 saturated carbocycles. The summed E-state index contributed by atoms with van der Waals surface area (Å²) in [4.78, 5) is 11.2. The summed E-state index contributed by atoms with van der Waals surface area (Å²) < 4.78 is 11.0. The van der Waals surface area contributed by atoms with E-state index in [2.05, 4.69) is 6.92 Å². The molecule has 0 aliphatic rings. The van der Waals surface area contributed by atoms with Crippen LogP contribution in [0.5, 0.6) is 5.75 Å². The van der Waals surface area contributed by atoms with Gasteiger partial charge in [-0.2, -0.15) is 0 Å². The number of rotatable bonds is 12. The van der Waals surface area contributed by atoms with Crippen molar-refractivity contribution in [3.63, 3.8) is 0 Å². The van der Waals surface area contributed by atoms with E-state index < -0.39 is 5.97 Å². The normalized spacial score (nSPS) is 11.3. The van der Waals surface area contributed by atoms with E-state index in [1.165, 1.54) is 19.3 Å². The number of unbranched alkanes of at least 4 members (excludes halogenated alkanes) is 4. The van der Waals surface area contributed by atoms with Crippen LogP contribution in [0, 0.1) is 0 Å². The maximum atomic E-state index is 11.2. The van der Waals surface area contributed by atoms with Crippen molar-refractivity contribution in [2.45, 2.75) is 52.4 Å². The van der Waals surface area contributed by atoms with Gasteiger partial charge in [0, 0.05) is 0 Å². The third kappa shape index (κ3) is 8.29. The maximum Gasteiger partial charge on any atom is 0.371 e. The molecular weight excluding hydrogens is 292 g/mol. The molecule has 4 nitrogen and oxygen atoms in total. The van der Waals surface area contributed by atoms with Crippen LogP contribution in [-0.2, 0) is 9.53 Å². The molecular formula is C19H28O4. The Kier molecular flexibility index (Phi) is 9.60. The van der Waals surface area contributed by atoms with E-state index >= 15 is 0 Å². The fraction of sp³-hybridized carbons (Fsp3) is 0.526. The van der Waals surface area contributed by atoms with Crippen molar-refractivity contribution in [2.24, 2.45) is 0 Å². The summed E-state index contributed by atoms with van der Waals surface area (Å²) >= 11 is 0. The van der Waals surface area contributed by atoms with Crippen molar-refractivity contribution < 1.29 is 19.4 Å². The van der Waals surface area contributed by atoms with Crippen LogP contribution in [-0.4, -0.2) is 24.3 Å². The lowest BCUT2D eigenvalue weighted by atomic mass is 10.2. The lowest BCUT2D eigenvalue weighted by molar-refractivity contribution is -0.136. The first-order chi connectivity index (χ1) is 11.2. The van der Waals surface area contributed by atoms with Crippen LogP contribution in [0.25, 0.3) is 6.08 Å². The molecule has 0 aromatic heterocycles. The average Bonchev–Trinajstić information content (AvgIpc) is 2.55. The van der Waals surface area contributed by atoms with Crippen LogP contribution in [0.3, 0.4) is 0 Å². The maximum absolute atomic E-state index is 11.2. The molecule has 0 amide bonds. The van der Waals surface area contributed by atoms with Gasteiger partial charge in [0.2, 0.25) is 5.76 Å². The molecule has 1 aromatic carbocycles. The monoisotopic (exact) mass is 320 g/mol. The van der Waals surface area contributed by atoms with E-state index in [0.717, 1.165) is 37.2 Å². The van der Waals surface area contributed by atoms with Gasteiger partial charge in [0.05, 0.1) is 13.2 Å². The summed E-state index contributed by atoms with van der Waals surface area (Å²) in [5, 5.41) is 9.16. The number of carboxylic acids is 1. The second-order valence-electron chi connectivity index (χ2n) is 5.49. The van der Waals surface area contributed by atoms with E-state index in [4.69, 9.17) is 14.6 Å². The molecule has 0 radical (unpaired) electrons. The highest BCUT2D eigenvalue weighted by Crippen LogP contribution is 2.16. The van der Waals surface area contributed by atoms with Gasteiger partial charge in [0.15, 0.2) is 0 Å². The van der Waals surface area contributed by atoms with Crippen LogP contribution >= 0.6 is 0 Å². The van der Waals surface area contributed by atoms with Crippen LogP contribution in [0.1, 0.15) is 57.9 Å². The quantitative estimate of drug-likeness (QED) is 0.338. The molecule has 1 rings (SSSR count). The van der Waals surface area contributed by atoms with E-state index in [1.54, 1.807) is 6.08 Å². The largest absolute Gasteiger partial charge is 0.494 e. The lowest BCUT2D eigenvalue weighted by Gasteiger charge is -2.07. The fourth-order valence-electron chi connectivity index (χ4n) is 2.02. The van der Waals surface area contributed by atoms with Gasteiger partial charge in [-0.15, -0.1) is 0 Å². The standard InChI is InChI=1S/C19H28O4/c1-3-5-7-8-14-22-17-11-9-16(10-12-17)15-18(19(20)21)23-13-6-4-2/h9-12,15H,3-8,13-14H2,1-2H3,(H,20,21). The van der Waals surface area contributed by atoms with E-state index in [-0.39, 0.29) is 5.76 Å². The summed E-state index contributed by atoms with van der Waals surface area (Å²) in [6, 6.07) is 7.40. The Morgan fingerprint density at radius 3 is 2.30 bits per heavy atom. The number of ether oxygens (including phenoxy) is 2. The molecule has 0 fully saturated rings. The summed E-state index contributed by atoms with van der Waals surface area (Å²) in [6.45, 7) is 5.36. The molecule has 0 atom stereocenters. The van der Waals surface area contributed by atoms with Gasteiger partial charge in [0.25, 0.3) is 0 Å². The average molecular weight is 320 g/mol. The Bertz CT molecular complexity index is 477. The number of carboxylic acid groups (broad SMARTS) is 1. The summed E-state index contributed by atoms with van der Waals surface area (Å²) in [6.07, 6.45) is 8.06. The van der Waals surface area contributed by atoms with Crippen LogP contribution in [0.4, 0.5) is 0 Å². The highest BCUT2D eigenvalue weighted by Gasteiger charge is 2.08. The highest BCUT2D eigenvalue weighted by atomic mass is 16.5. The van der Waals surface area contributed by atoms with Gasteiger partial charge in [-0.1, -0.05) is 51.7 Å². The number of benzene rings is 1. The van der Waals surface area contributed by atoms with Crippen molar-refractivity contribution in [3.8, 4) is 5.75 Å². The molecule has 23 heavy (non-hydrogen) atoms. The topological polar surface area (TPSA) is 55.8 Å². The van der Waals surface area contributed by atoms with Crippen molar-refractivity contribution >= 4 is 12.0 Å². The Hall–Kier alpha value is -1.97. The molecule has 4 heteroatoms. The third-order valence-corrected chi connectivity index (χ3v) is 3.41. The van der Waals surface area contributed by atoms with E-state index in [0.29, 0.717) is 6.61 Å². The van der Waals surface area contributed by atoms with Crippen molar-refractivity contribution in [3.05, 3.63) is 35.6 Å². The van der Waals surface area contributed by atoms with Crippen LogP contribution < -0.4 is 4.74 Å². The van der Waals surface area contributed by atoms with Crippen molar-refractivity contribution in [1.82, 2.24) is 0 Å². The molecule has 1 N–H and O–H groups in total. The Morgan fingerprint density at radius 1 is 1.00 bits per heavy atom. The van der Waals surface area contributed by atoms with Crippen LogP contribution in [0.2, 0.25) is 0 Å². The minimum Gasteiger partial charge on any atom is -0.494 e. The van der Waals surface area contributed by atoms with Crippen molar-refractivity contribution in [1.29, 1.82) is 0 Å². The number of hydrogen-bond donors (Lipinski definition) is 1. The summed E-state index contributed by atoms with van der Waals surface area (Å²) in [7, 11) is 0. The lowest BCUT2D eigenvalue weighted by Crippen LogP contribution is -2.06. The number of carbonyl (C=O) groups is 1. The van der Waals surface area contributed by atoms with Crippen molar-refractivity contribution in [2.75, 3.05) is 13.2 Å². The second-order valence-corrected chi connectivity index (χ2v) is 5.49. The zero-order valence-corrected chi connectivity index (χ0v) is 14.2. The fourth-order valence-corrected chi connectivity index (χ4v) is 2.02. The van der Waals surface area contributed by atoms with Gasteiger partial charge in [-0.3, -0.25) is 0 Å². The first kappa shape index (κ1) is 19.1. The van der Waals surface area contributed by atoms with Gasteiger partial charge >= 0.3 is 5.97 Å². The first-order valence-electron chi connectivity index (χ1n) is 8.48. The number of hydrogen-bond acceptors (Lipinski definition) is 3. The molecule has 0 heterocycles. The Balaban J connectivity index is 2.52. The SMILES string of the molecule is CCCCCCOc1ccc(C=C(OCCCC)C(=O)O)cc1. The predicted octanol–water partition coefficient (Wildman–Crippen LogP) is 4.89. The summed E-state index contributed by atoms with van der Waals surface area (Å²) in [5.41, 5.74) is 0.789. The first-order valence-corrected chi connectivity index (χ1v) is 8.48. The van der Waals surface area contributed by atoms with E-state index in [9.17, 15) is 4.79 Å². The molecule has 0 spiro atoms. The van der Waals surface area contributed by atoms with Gasteiger partial charge in [0.1, 0.15) is 5.75 Å². The molecule has 0 aliphatic heterocycles. The number of aliphatic carboxylic acids is 1. The Morgan fingerprint density at radius 2 is 1.70 bits per heavy atom. The molecule has 0 saturated heterocycles. The molecule has 1 aromatic rings. The minimum atomic E-state index is -1.04. The molecule has 0 unspecified atom stereocenters. The second kappa shape index (κ2) is 11.6. The van der Waals surface area contributed by atoms with Crippen LogP contribution in [0.15, 0.2) is 30.0 Å². The van der Waals surface area contributed by atoms with E-state index in [1.807, 2.05) is 31.2 Å². The predicted molar refractivity (Wildman–Crippen MR) is 92.6 cm³/mol. The third-order valence-electron chi connectivity index (χ3n) is 3.41.